The Balaban J connectivity index is 1.41. The second-order valence-corrected chi connectivity index (χ2v) is 9.32. The molecule has 0 spiro atoms. The van der Waals surface area contributed by atoms with Crippen molar-refractivity contribution in [3.8, 4) is 5.75 Å². The predicted molar refractivity (Wildman–Crippen MR) is 118 cm³/mol. The highest BCUT2D eigenvalue weighted by Gasteiger charge is 2.36. The number of carbonyl (C=O) groups excluding carboxylic acids is 1. The van der Waals surface area contributed by atoms with Crippen LogP contribution in [0.15, 0.2) is 36.5 Å². The van der Waals surface area contributed by atoms with E-state index >= 15 is 0 Å². The van der Waals surface area contributed by atoms with E-state index in [0.717, 1.165) is 59.9 Å². The maximum absolute atomic E-state index is 13.0. The molecule has 2 saturated carbocycles. The van der Waals surface area contributed by atoms with Gasteiger partial charge in [0.05, 0.1) is 30.0 Å². The Morgan fingerprint density at radius 3 is 2.69 bits per heavy atom. The molecule has 2 fully saturated rings. The lowest BCUT2D eigenvalue weighted by Gasteiger charge is -2.33. The van der Waals surface area contributed by atoms with Gasteiger partial charge in [0, 0.05) is 40.4 Å². The van der Waals surface area contributed by atoms with Crippen LogP contribution >= 0.6 is 0 Å². The smallest absolute Gasteiger partial charge is 0.325 e. The van der Waals surface area contributed by atoms with Crippen LogP contribution in [0, 0.1) is 0 Å². The van der Waals surface area contributed by atoms with E-state index < -0.39 is 11.5 Å². The summed E-state index contributed by atoms with van der Waals surface area (Å²) in [6.45, 7) is 1.89. The van der Waals surface area contributed by atoms with Crippen molar-refractivity contribution >= 4 is 22.5 Å². The molecule has 0 atom stereocenters. The van der Waals surface area contributed by atoms with Gasteiger partial charge in [0.1, 0.15) is 5.75 Å². The molecule has 168 valence electrons. The molecule has 2 aromatic heterocycles. The molecule has 2 aliphatic carbocycles. The molecule has 0 saturated heterocycles. The van der Waals surface area contributed by atoms with E-state index in [1.54, 1.807) is 19.2 Å². The quantitative estimate of drug-likeness (QED) is 0.419. The fourth-order valence-electron chi connectivity index (χ4n) is 4.58. The van der Waals surface area contributed by atoms with Crippen molar-refractivity contribution in [3.63, 3.8) is 0 Å². The van der Waals surface area contributed by atoms with E-state index in [0.29, 0.717) is 17.4 Å². The molecule has 2 aliphatic rings. The Kier molecular flexibility index (Phi) is 5.04. The van der Waals surface area contributed by atoms with E-state index in [1.807, 2.05) is 36.0 Å². The van der Waals surface area contributed by atoms with Gasteiger partial charge in [-0.3, -0.25) is 14.7 Å². The molecule has 0 aliphatic heterocycles. The van der Waals surface area contributed by atoms with Crippen molar-refractivity contribution in [2.75, 3.05) is 12.4 Å². The Morgan fingerprint density at radius 1 is 1.25 bits per heavy atom. The van der Waals surface area contributed by atoms with Crippen LogP contribution in [0.3, 0.4) is 0 Å². The SMILES string of the molecule is COc1cc2nn([C@H]3CC[C@](C)(O)CC3)cc2cc1NC(=O)c1cccc(C2CC2)[n+]1O. The third kappa shape index (κ3) is 3.90. The second kappa shape index (κ2) is 7.78. The molecule has 0 unspecified atom stereocenters. The first-order chi connectivity index (χ1) is 15.3. The molecule has 3 aromatic rings. The van der Waals surface area contributed by atoms with E-state index in [2.05, 4.69) is 5.32 Å². The fraction of sp³-hybridized carbons (Fsp3) is 0.458. The molecule has 8 heteroatoms. The zero-order valence-electron chi connectivity index (χ0n) is 18.4. The van der Waals surface area contributed by atoms with Gasteiger partial charge in [-0.2, -0.15) is 5.10 Å². The van der Waals surface area contributed by atoms with Crippen molar-refractivity contribution in [2.45, 2.75) is 63.0 Å². The number of ether oxygens (including phenoxy) is 1. The fourth-order valence-corrected chi connectivity index (χ4v) is 4.58. The van der Waals surface area contributed by atoms with Gasteiger partial charge in [-0.25, -0.2) is 0 Å². The summed E-state index contributed by atoms with van der Waals surface area (Å²) in [5.41, 5.74) is 1.65. The zero-order valence-corrected chi connectivity index (χ0v) is 18.4. The normalized spacial score (nSPS) is 23.3. The molecule has 5 rings (SSSR count). The van der Waals surface area contributed by atoms with Crippen LogP contribution in [0.2, 0.25) is 0 Å². The van der Waals surface area contributed by atoms with Crippen molar-refractivity contribution in [1.29, 1.82) is 0 Å². The number of fused-ring (bicyclic) bond motifs is 1. The first-order valence-corrected chi connectivity index (χ1v) is 11.2. The predicted octanol–water partition coefficient (Wildman–Crippen LogP) is 3.57. The van der Waals surface area contributed by atoms with Gasteiger partial charge < -0.3 is 15.2 Å². The van der Waals surface area contributed by atoms with Gasteiger partial charge in [-0.05, 0) is 57.6 Å². The van der Waals surface area contributed by atoms with Crippen LogP contribution < -0.4 is 14.8 Å². The van der Waals surface area contributed by atoms with E-state index in [4.69, 9.17) is 9.84 Å². The lowest BCUT2D eigenvalue weighted by atomic mass is 9.84. The molecule has 0 bridgehead atoms. The number of amides is 1. The average Bonchev–Trinajstić information content (AvgIpc) is 3.52. The third-order valence-electron chi connectivity index (χ3n) is 6.72. The minimum absolute atomic E-state index is 0.182. The van der Waals surface area contributed by atoms with E-state index in [-0.39, 0.29) is 11.7 Å². The van der Waals surface area contributed by atoms with Crippen molar-refractivity contribution in [2.24, 2.45) is 0 Å². The van der Waals surface area contributed by atoms with Crippen molar-refractivity contribution in [3.05, 3.63) is 47.9 Å². The van der Waals surface area contributed by atoms with E-state index in [9.17, 15) is 15.1 Å². The minimum atomic E-state index is -0.593. The van der Waals surface area contributed by atoms with Crippen LogP contribution in [-0.4, -0.2) is 38.7 Å². The summed E-state index contributed by atoms with van der Waals surface area (Å²) in [4.78, 5) is 13.0. The topological polar surface area (TPSA) is 100 Å². The average molecular weight is 438 g/mol. The summed E-state index contributed by atoms with van der Waals surface area (Å²) in [7, 11) is 1.55. The van der Waals surface area contributed by atoms with Crippen molar-refractivity contribution in [1.82, 2.24) is 9.78 Å². The van der Waals surface area contributed by atoms with E-state index in [1.165, 1.54) is 0 Å². The lowest BCUT2D eigenvalue weighted by molar-refractivity contribution is -0.910. The van der Waals surface area contributed by atoms with Gasteiger partial charge in [-0.1, -0.05) is 0 Å². The highest BCUT2D eigenvalue weighted by atomic mass is 16.5. The summed E-state index contributed by atoms with van der Waals surface area (Å²) in [6.07, 6.45) is 7.27. The number of benzene rings is 1. The number of nitrogens with zero attached hydrogens (tertiary/aromatic N) is 3. The molecular formula is C24H29N4O4+. The minimum Gasteiger partial charge on any atom is -0.494 e. The first kappa shape index (κ1) is 20.8. The molecule has 32 heavy (non-hydrogen) atoms. The largest absolute Gasteiger partial charge is 0.494 e. The Morgan fingerprint density at radius 2 is 2.00 bits per heavy atom. The number of anilines is 1. The third-order valence-corrected chi connectivity index (χ3v) is 6.72. The Bertz CT molecular complexity index is 1170. The second-order valence-electron chi connectivity index (χ2n) is 9.32. The Hall–Kier alpha value is -3.13. The monoisotopic (exact) mass is 437 g/mol. The number of rotatable bonds is 5. The lowest BCUT2D eigenvalue weighted by Crippen LogP contribution is -2.43. The number of aromatic nitrogens is 3. The van der Waals surface area contributed by atoms with Crippen molar-refractivity contribution < 1.29 is 24.6 Å². The van der Waals surface area contributed by atoms with Crippen LogP contribution in [0.5, 0.6) is 5.75 Å². The Labute approximate surface area is 186 Å². The van der Waals surface area contributed by atoms with Crippen LogP contribution in [0.25, 0.3) is 10.9 Å². The number of methoxy groups -OCH3 is 1. The van der Waals surface area contributed by atoms with Crippen LogP contribution in [-0.2, 0) is 0 Å². The van der Waals surface area contributed by atoms with Gasteiger partial charge in [-0.15, -0.1) is 0 Å². The molecular weight excluding hydrogens is 408 g/mol. The molecule has 2 heterocycles. The van der Waals surface area contributed by atoms with Gasteiger partial charge in [0.15, 0.2) is 0 Å². The summed E-state index contributed by atoms with van der Waals surface area (Å²) < 4.78 is 8.47. The molecule has 8 nitrogen and oxygen atoms in total. The van der Waals surface area contributed by atoms with Gasteiger partial charge >= 0.3 is 11.6 Å². The molecule has 0 radical (unpaired) electrons. The van der Waals surface area contributed by atoms with Crippen LogP contribution in [0.4, 0.5) is 5.69 Å². The van der Waals surface area contributed by atoms with Crippen LogP contribution in [0.1, 0.15) is 73.6 Å². The summed E-state index contributed by atoms with van der Waals surface area (Å²) in [6, 6.07) is 9.14. The number of carbonyl (C=O) groups is 1. The first-order valence-electron chi connectivity index (χ1n) is 11.2. The zero-order chi connectivity index (χ0) is 22.5. The molecule has 1 aromatic carbocycles. The van der Waals surface area contributed by atoms with Gasteiger partial charge in [0.2, 0.25) is 5.69 Å². The maximum Gasteiger partial charge on any atom is 0.325 e. The number of pyridine rings is 1. The molecule has 1 amide bonds. The van der Waals surface area contributed by atoms with Gasteiger partial charge in [0.25, 0.3) is 0 Å². The summed E-state index contributed by atoms with van der Waals surface area (Å²) >= 11 is 0. The molecule has 3 N–H and O–H groups in total. The number of hydrogen-bond donors (Lipinski definition) is 3. The number of nitrogens with one attached hydrogen (secondary N) is 1. The number of hydrogen-bond acceptors (Lipinski definition) is 5. The standard InChI is InChI=1S/C24H28N4O4/c1-24(30)10-8-17(9-11-24)27-14-16-12-19(22(32-2)13-18(16)26-27)25-23(29)21-5-3-4-20(28(21)31)15-6-7-15/h3-5,12-15,17,30H,6-11H2,1-2H3,(H-,25,29,31)/p+1/t17-,24-. The summed E-state index contributed by atoms with van der Waals surface area (Å²) in [5.74, 6) is 0.410. The highest BCUT2D eigenvalue weighted by molar-refractivity contribution is 6.04. The number of aliphatic hydroxyl groups is 1. The summed E-state index contributed by atoms with van der Waals surface area (Å²) in [5, 5.41) is 29.2. The maximum atomic E-state index is 13.0. The highest BCUT2D eigenvalue weighted by Crippen LogP contribution is 2.38.